The quantitative estimate of drug-likeness (QED) is 0.260. The first-order valence-corrected chi connectivity index (χ1v) is 13.9. The molecule has 1 aromatic heterocycles. The average Bonchev–Trinajstić information content (AvgIpc) is 3.58. The number of primary amides is 1. The second-order valence-corrected chi connectivity index (χ2v) is 10.4. The number of hydrogen-bond acceptors (Lipinski definition) is 8. The van der Waals surface area contributed by atoms with Crippen LogP contribution in [0.3, 0.4) is 0 Å². The number of nitrogens with two attached hydrogens (primary N) is 1. The van der Waals surface area contributed by atoms with Crippen molar-refractivity contribution in [3.05, 3.63) is 70.0 Å². The van der Waals surface area contributed by atoms with Gasteiger partial charge in [-0.3, -0.25) is 24.7 Å². The Morgan fingerprint density at radius 1 is 1.05 bits per heavy atom. The van der Waals surface area contributed by atoms with Gasteiger partial charge in [-0.25, -0.2) is 14.4 Å². The Morgan fingerprint density at radius 3 is 2.43 bits per heavy atom. The molecule has 0 aliphatic carbocycles. The van der Waals surface area contributed by atoms with Gasteiger partial charge in [-0.2, -0.15) is 0 Å². The second-order valence-electron chi connectivity index (χ2n) is 9.56. The molecule has 4 N–H and O–H groups in total. The van der Waals surface area contributed by atoms with E-state index in [0.717, 1.165) is 34.5 Å². The number of likely N-dealkylation sites (N-methyl/N-ethyl adjacent to an activating group) is 2. The van der Waals surface area contributed by atoms with E-state index in [1.54, 1.807) is 23.4 Å². The maximum atomic E-state index is 13.6. The van der Waals surface area contributed by atoms with Gasteiger partial charge >= 0.3 is 0 Å². The van der Waals surface area contributed by atoms with E-state index in [0.29, 0.717) is 31.2 Å². The number of amides is 3. The predicted octanol–water partition coefficient (Wildman–Crippen LogP) is 3.12. The van der Waals surface area contributed by atoms with Crippen molar-refractivity contribution < 1.29 is 18.8 Å². The zero-order valence-corrected chi connectivity index (χ0v) is 26.1. The van der Waals surface area contributed by atoms with Crippen LogP contribution in [0.4, 0.5) is 10.1 Å². The normalized spacial score (nSPS) is 12.2. The van der Waals surface area contributed by atoms with Gasteiger partial charge in [-0.15, -0.1) is 36.2 Å². The fraction of sp³-hybridized carbons (Fsp3) is 0.357. The molecule has 0 fully saturated rings. The van der Waals surface area contributed by atoms with Crippen molar-refractivity contribution >= 4 is 59.6 Å². The van der Waals surface area contributed by atoms with Gasteiger partial charge in [0.25, 0.3) is 11.8 Å². The lowest BCUT2D eigenvalue weighted by Crippen LogP contribution is -2.47. The smallest absolute Gasteiger partial charge is 0.268 e. The number of anilines is 1. The molecule has 3 aromatic rings. The fourth-order valence-corrected chi connectivity index (χ4v) is 5.37. The molecule has 42 heavy (non-hydrogen) atoms. The number of fused-ring (bicyclic) bond motifs is 1. The van der Waals surface area contributed by atoms with E-state index in [9.17, 15) is 18.8 Å². The minimum atomic E-state index is -0.575. The molecule has 10 nitrogen and oxygen atoms in total. The van der Waals surface area contributed by atoms with Crippen LogP contribution >= 0.6 is 36.2 Å². The molecule has 0 spiro atoms. The maximum Gasteiger partial charge on any atom is 0.268 e. The van der Waals surface area contributed by atoms with Crippen LogP contribution in [-0.2, 0) is 22.7 Å². The van der Waals surface area contributed by atoms with Crippen LogP contribution in [0.1, 0.15) is 34.1 Å². The molecule has 14 heteroatoms. The van der Waals surface area contributed by atoms with Crippen molar-refractivity contribution in [3.63, 3.8) is 0 Å². The summed E-state index contributed by atoms with van der Waals surface area (Å²) in [7, 11) is 1.68. The Balaban J connectivity index is 0.00000308. The number of carbonyl (C=O) groups excluding carboxylic acids is 3. The third-order valence-electron chi connectivity index (χ3n) is 6.77. The molecule has 0 saturated carbocycles. The third kappa shape index (κ3) is 8.46. The lowest BCUT2D eigenvalue weighted by atomic mass is 10.1. The molecule has 2 heterocycles. The zero-order valence-electron chi connectivity index (χ0n) is 23.7. The van der Waals surface area contributed by atoms with Crippen LogP contribution in [0.2, 0.25) is 0 Å². The van der Waals surface area contributed by atoms with Crippen molar-refractivity contribution in [2.75, 3.05) is 44.7 Å². The summed E-state index contributed by atoms with van der Waals surface area (Å²) < 4.78 is 13.6. The molecule has 1 aliphatic heterocycles. The van der Waals surface area contributed by atoms with E-state index >= 15 is 0 Å². The molecular formula is C28H36Cl2FN7O3S. The largest absolute Gasteiger partial charge is 0.364 e. The molecule has 4 rings (SSSR count). The Hall–Kier alpha value is -3.13. The van der Waals surface area contributed by atoms with Gasteiger partial charge in [0.2, 0.25) is 5.91 Å². The van der Waals surface area contributed by atoms with Crippen molar-refractivity contribution in [1.29, 1.82) is 0 Å². The summed E-state index contributed by atoms with van der Waals surface area (Å²) in [6, 6.07) is 10.3. The molecule has 0 unspecified atom stereocenters. The number of carbonyl (C=O) groups is 3. The molecule has 0 saturated heterocycles. The van der Waals surface area contributed by atoms with E-state index in [2.05, 4.69) is 15.6 Å². The van der Waals surface area contributed by atoms with Gasteiger partial charge in [0, 0.05) is 49.9 Å². The van der Waals surface area contributed by atoms with Crippen LogP contribution in [0.25, 0.3) is 10.6 Å². The number of nitrogens with zero attached hydrogens (tertiary/aromatic N) is 4. The highest BCUT2D eigenvalue weighted by molar-refractivity contribution is 7.13. The van der Waals surface area contributed by atoms with E-state index in [4.69, 9.17) is 5.73 Å². The van der Waals surface area contributed by atoms with Crippen molar-refractivity contribution in [2.45, 2.75) is 26.9 Å². The Bertz CT molecular complexity index is 1410. The lowest BCUT2D eigenvalue weighted by Gasteiger charge is -2.28. The zero-order chi connectivity index (χ0) is 28.8. The predicted molar refractivity (Wildman–Crippen MR) is 167 cm³/mol. The first-order valence-electron chi connectivity index (χ1n) is 13.0. The highest BCUT2D eigenvalue weighted by atomic mass is 35.5. The number of aromatic nitrogens is 1. The van der Waals surface area contributed by atoms with Gasteiger partial charge in [-0.05, 0) is 60.5 Å². The van der Waals surface area contributed by atoms with Crippen LogP contribution in [0.15, 0.2) is 41.8 Å². The van der Waals surface area contributed by atoms with Gasteiger partial charge in [0.05, 0.1) is 13.1 Å². The average molecular weight is 641 g/mol. The monoisotopic (exact) mass is 639 g/mol. The van der Waals surface area contributed by atoms with Crippen molar-refractivity contribution in [1.82, 2.24) is 25.6 Å². The second kappa shape index (κ2) is 15.9. The van der Waals surface area contributed by atoms with E-state index < -0.39 is 5.91 Å². The minimum absolute atomic E-state index is 0. The Morgan fingerprint density at radius 2 is 1.76 bits per heavy atom. The van der Waals surface area contributed by atoms with Crippen LogP contribution < -0.4 is 21.3 Å². The van der Waals surface area contributed by atoms with Gasteiger partial charge in [-0.1, -0.05) is 13.0 Å². The topological polar surface area (TPSA) is 124 Å². The van der Waals surface area contributed by atoms with Crippen molar-refractivity contribution in [2.24, 2.45) is 5.73 Å². The maximum absolute atomic E-state index is 13.6. The molecule has 1 aliphatic rings. The summed E-state index contributed by atoms with van der Waals surface area (Å²) >= 11 is 1.33. The van der Waals surface area contributed by atoms with Crippen molar-refractivity contribution in [3.8, 4) is 10.6 Å². The number of hydrazine groups is 1. The van der Waals surface area contributed by atoms with Crippen LogP contribution in [0, 0.1) is 12.7 Å². The molecule has 0 radical (unpaired) electrons. The van der Waals surface area contributed by atoms with E-state index in [1.165, 1.54) is 28.5 Å². The number of benzene rings is 2. The third-order valence-corrected chi connectivity index (χ3v) is 7.66. The number of hydrogen-bond donors (Lipinski definition) is 3. The van der Waals surface area contributed by atoms with Crippen LogP contribution in [0.5, 0.6) is 0 Å². The molecule has 0 bridgehead atoms. The summed E-state index contributed by atoms with van der Waals surface area (Å²) in [6.07, 6.45) is 0. The number of rotatable bonds is 12. The molecule has 2 aromatic carbocycles. The van der Waals surface area contributed by atoms with Gasteiger partial charge in [0.1, 0.15) is 16.5 Å². The molecular weight excluding hydrogens is 604 g/mol. The minimum Gasteiger partial charge on any atom is -0.364 e. The highest BCUT2D eigenvalue weighted by Crippen LogP contribution is 2.29. The number of nitrogens with one attached hydrogen (secondary N) is 2. The number of aryl methyl sites for hydroxylation is 1. The summed E-state index contributed by atoms with van der Waals surface area (Å²) in [4.78, 5) is 43.6. The van der Waals surface area contributed by atoms with Gasteiger partial charge in [0.15, 0.2) is 0 Å². The summed E-state index contributed by atoms with van der Waals surface area (Å²) in [5.41, 5.74) is 9.87. The van der Waals surface area contributed by atoms with E-state index in [1.807, 2.05) is 37.1 Å². The standard InChI is InChI=1S/C28H34FN7O3S.2ClH/c1-4-31-9-10-36(24-8-6-19(11-18(24)2)28-33-23(17-40-28)27(30)39)26(38)14-32-13-25(37)34(3)35-15-20-5-7-22(29)12-21(20)16-35;;/h5-8,11-12,17,31-32H,4,9-10,13-16H2,1-3H3,(H2,30,39);2*1H. The number of halogens is 3. The number of thiazole rings is 1. The first kappa shape index (κ1) is 35.1. The SMILES string of the molecule is CCNCCN(C(=O)CNCC(=O)N(C)N1Cc2ccc(F)cc2C1)c1ccc(-c2nc(C(N)=O)cs2)cc1C.Cl.Cl. The fourth-order valence-electron chi connectivity index (χ4n) is 4.56. The molecule has 0 atom stereocenters. The summed E-state index contributed by atoms with van der Waals surface area (Å²) in [5, 5.41) is 11.9. The Labute approximate surface area is 261 Å². The lowest BCUT2D eigenvalue weighted by molar-refractivity contribution is -0.145. The molecule has 3 amide bonds. The molecule has 228 valence electrons. The van der Waals surface area contributed by atoms with Crippen LogP contribution in [-0.4, -0.2) is 72.5 Å². The summed E-state index contributed by atoms with van der Waals surface area (Å²) in [5.74, 6) is -1.23. The van der Waals surface area contributed by atoms with Gasteiger partial charge < -0.3 is 16.0 Å². The summed E-state index contributed by atoms with van der Waals surface area (Å²) in [6.45, 7) is 6.69. The Kier molecular flexibility index (Phi) is 13.3. The highest BCUT2D eigenvalue weighted by Gasteiger charge is 2.26. The van der Waals surface area contributed by atoms with E-state index in [-0.39, 0.29) is 61.2 Å². The first-order chi connectivity index (χ1) is 19.2.